The number of nitrogens with one attached hydrogen (secondary N) is 3. The molecule has 1 amide bonds. The van der Waals surface area contributed by atoms with Gasteiger partial charge in [0.25, 0.3) is 11.5 Å². The maximum absolute atomic E-state index is 12.4. The van der Waals surface area contributed by atoms with Crippen molar-refractivity contribution >= 4 is 11.9 Å². The van der Waals surface area contributed by atoms with E-state index in [1.165, 1.54) is 7.11 Å². The van der Waals surface area contributed by atoms with Crippen molar-refractivity contribution in [1.29, 1.82) is 0 Å². The van der Waals surface area contributed by atoms with Gasteiger partial charge in [0.2, 0.25) is 0 Å². The second-order valence-electron chi connectivity index (χ2n) is 5.74. The third-order valence-corrected chi connectivity index (χ3v) is 3.97. The van der Waals surface area contributed by atoms with E-state index in [0.717, 1.165) is 11.3 Å². The normalized spacial score (nSPS) is 10.5. The lowest BCUT2D eigenvalue weighted by Crippen LogP contribution is -2.28. The zero-order chi connectivity index (χ0) is 18.0. The lowest BCUT2D eigenvalue weighted by molar-refractivity contribution is 0.0599. The molecule has 7 heteroatoms. The Morgan fingerprint density at radius 1 is 1.17 bits per heavy atom. The first-order valence-corrected chi connectivity index (χ1v) is 7.51. The van der Waals surface area contributed by atoms with Gasteiger partial charge in [0, 0.05) is 23.5 Å². The molecule has 2 rings (SSSR count). The predicted octanol–water partition coefficient (Wildman–Crippen LogP) is 1.65. The van der Waals surface area contributed by atoms with Crippen LogP contribution in [0.4, 0.5) is 0 Å². The number of aryl methyl sites for hydroxylation is 3. The minimum absolute atomic E-state index is 0.103. The zero-order valence-electron chi connectivity index (χ0n) is 14.4. The van der Waals surface area contributed by atoms with Gasteiger partial charge in [-0.2, -0.15) is 0 Å². The van der Waals surface area contributed by atoms with Crippen LogP contribution in [-0.2, 0) is 11.3 Å². The molecule has 2 heterocycles. The molecule has 2 aromatic heterocycles. The number of amides is 1. The number of pyridine rings is 1. The van der Waals surface area contributed by atoms with Crippen molar-refractivity contribution in [2.75, 3.05) is 7.11 Å². The lowest BCUT2D eigenvalue weighted by Gasteiger charge is -2.08. The first kappa shape index (κ1) is 17.5. The summed E-state index contributed by atoms with van der Waals surface area (Å²) >= 11 is 0. The van der Waals surface area contributed by atoms with E-state index in [1.807, 2.05) is 13.0 Å². The standard InChI is InChI=1S/C17H21N3O4/c1-8-6-9(2)19-15(21)12(8)7-18-16(22)14-10(3)13(11(4)20-14)17(23)24-5/h6,20H,7H2,1-5H3,(H,18,22)(H,19,21). The average Bonchev–Trinajstić information content (AvgIpc) is 2.80. The molecule has 128 valence electrons. The van der Waals surface area contributed by atoms with E-state index in [9.17, 15) is 14.4 Å². The number of carbonyl (C=O) groups is 2. The summed E-state index contributed by atoms with van der Waals surface area (Å²) in [5, 5.41) is 2.71. The molecule has 0 radical (unpaired) electrons. The third kappa shape index (κ3) is 3.24. The van der Waals surface area contributed by atoms with E-state index >= 15 is 0 Å². The molecule has 7 nitrogen and oxygen atoms in total. The molecule has 24 heavy (non-hydrogen) atoms. The molecule has 3 N–H and O–H groups in total. The summed E-state index contributed by atoms with van der Waals surface area (Å²) < 4.78 is 4.73. The van der Waals surface area contributed by atoms with Crippen molar-refractivity contribution in [3.8, 4) is 0 Å². The van der Waals surface area contributed by atoms with Gasteiger partial charge in [-0.05, 0) is 44.9 Å². The van der Waals surface area contributed by atoms with Crippen LogP contribution in [0.2, 0.25) is 0 Å². The predicted molar refractivity (Wildman–Crippen MR) is 89.3 cm³/mol. The average molecular weight is 331 g/mol. The van der Waals surface area contributed by atoms with Gasteiger partial charge in [-0.3, -0.25) is 9.59 Å². The van der Waals surface area contributed by atoms with Crippen molar-refractivity contribution in [3.63, 3.8) is 0 Å². The van der Waals surface area contributed by atoms with Crippen molar-refractivity contribution in [1.82, 2.24) is 15.3 Å². The second kappa shape index (κ2) is 6.74. The maximum Gasteiger partial charge on any atom is 0.339 e. The molecular weight excluding hydrogens is 310 g/mol. The molecule has 0 fully saturated rings. The van der Waals surface area contributed by atoms with Gasteiger partial charge < -0.3 is 20.0 Å². The fraction of sp³-hybridized carbons (Fsp3) is 0.353. The number of H-pyrrole nitrogens is 2. The molecule has 0 saturated carbocycles. The number of ether oxygens (including phenoxy) is 1. The summed E-state index contributed by atoms with van der Waals surface area (Å²) in [5.74, 6) is -0.878. The number of methoxy groups -OCH3 is 1. The first-order valence-electron chi connectivity index (χ1n) is 7.51. The van der Waals surface area contributed by atoms with Gasteiger partial charge in [-0.25, -0.2) is 4.79 Å². The van der Waals surface area contributed by atoms with Crippen LogP contribution in [0.5, 0.6) is 0 Å². The Labute approximate surface area is 139 Å². The topological polar surface area (TPSA) is 104 Å². The maximum atomic E-state index is 12.4. The van der Waals surface area contributed by atoms with Gasteiger partial charge in [-0.15, -0.1) is 0 Å². The highest BCUT2D eigenvalue weighted by Gasteiger charge is 2.22. The highest BCUT2D eigenvalue weighted by atomic mass is 16.5. The lowest BCUT2D eigenvalue weighted by atomic mass is 10.1. The van der Waals surface area contributed by atoms with Crippen LogP contribution in [0.1, 0.15) is 48.9 Å². The Hall–Kier alpha value is -2.83. The number of carbonyl (C=O) groups excluding carboxylic acids is 2. The fourth-order valence-corrected chi connectivity index (χ4v) is 2.74. The van der Waals surface area contributed by atoms with Crippen LogP contribution in [0.25, 0.3) is 0 Å². The molecule has 0 unspecified atom stereocenters. The summed E-state index contributed by atoms with van der Waals surface area (Å²) in [6.07, 6.45) is 0. The smallest absolute Gasteiger partial charge is 0.339 e. The Bertz CT molecular complexity index is 861. The van der Waals surface area contributed by atoms with E-state index in [-0.39, 0.29) is 23.7 Å². The minimum Gasteiger partial charge on any atom is -0.465 e. The molecule has 0 bridgehead atoms. The highest BCUT2D eigenvalue weighted by molar-refractivity contribution is 6.00. The second-order valence-corrected chi connectivity index (χ2v) is 5.74. The SMILES string of the molecule is COC(=O)c1c(C)[nH]c(C(=O)NCc2c(C)cc(C)[nH]c2=O)c1C. The van der Waals surface area contributed by atoms with E-state index in [1.54, 1.807) is 20.8 Å². The van der Waals surface area contributed by atoms with Crippen LogP contribution in [0, 0.1) is 27.7 Å². The monoisotopic (exact) mass is 331 g/mol. The number of esters is 1. The van der Waals surface area contributed by atoms with Crippen LogP contribution in [-0.4, -0.2) is 29.0 Å². The Morgan fingerprint density at radius 2 is 1.83 bits per heavy atom. The van der Waals surface area contributed by atoms with Crippen LogP contribution < -0.4 is 10.9 Å². The van der Waals surface area contributed by atoms with Crippen molar-refractivity contribution in [2.45, 2.75) is 34.2 Å². The molecule has 0 aromatic carbocycles. The highest BCUT2D eigenvalue weighted by Crippen LogP contribution is 2.19. The van der Waals surface area contributed by atoms with Crippen LogP contribution >= 0.6 is 0 Å². The molecule has 0 aliphatic carbocycles. The molecule has 0 aliphatic heterocycles. The molecule has 0 spiro atoms. The minimum atomic E-state index is -0.494. The van der Waals surface area contributed by atoms with Gasteiger partial charge in [-0.1, -0.05) is 0 Å². The Morgan fingerprint density at radius 3 is 2.42 bits per heavy atom. The van der Waals surface area contributed by atoms with Gasteiger partial charge in [0.05, 0.1) is 12.7 Å². The van der Waals surface area contributed by atoms with Gasteiger partial charge in [0.15, 0.2) is 0 Å². The van der Waals surface area contributed by atoms with Crippen molar-refractivity contribution < 1.29 is 14.3 Å². The molecule has 0 aliphatic rings. The summed E-state index contributed by atoms with van der Waals surface area (Å²) in [6, 6.07) is 1.85. The Kier molecular flexibility index (Phi) is 4.92. The third-order valence-electron chi connectivity index (χ3n) is 3.97. The number of rotatable bonds is 4. The largest absolute Gasteiger partial charge is 0.465 e. The van der Waals surface area contributed by atoms with E-state index in [0.29, 0.717) is 22.4 Å². The number of aromatic nitrogens is 2. The molecule has 0 atom stereocenters. The zero-order valence-corrected chi connectivity index (χ0v) is 14.4. The van der Waals surface area contributed by atoms with Crippen molar-refractivity contribution in [3.05, 3.63) is 55.8 Å². The number of hydrogen-bond donors (Lipinski definition) is 3. The van der Waals surface area contributed by atoms with Gasteiger partial charge >= 0.3 is 5.97 Å². The molecule has 2 aromatic rings. The molecule has 0 saturated heterocycles. The van der Waals surface area contributed by atoms with E-state index in [2.05, 4.69) is 15.3 Å². The van der Waals surface area contributed by atoms with Gasteiger partial charge in [0.1, 0.15) is 5.69 Å². The van der Waals surface area contributed by atoms with Crippen LogP contribution in [0.3, 0.4) is 0 Å². The molecular formula is C17H21N3O4. The van der Waals surface area contributed by atoms with Crippen LogP contribution in [0.15, 0.2) is 10.9 Å². The number of hydrogen-bond acceptors (Lipinski definition) is 4. The first-order chi connectivity index (χ1) is 11.3. The fourth-order valence-electron chi connectivity index (χ4n) is 2.74. The summed E-state index contributed by atoms with van der Waals surface area (Å²) in [5.41, 5.74) is 3.59. The summed E-state index contributed by atoms with van der Waals surface area (Å²) in [4.78, 5) is 41.8. The Balaban J connectivity index is 2.23. The quantitative estimate of drug-likeness (QED) is 0.741. The van der Waals surface area contributed by atoms with Crippen molar-refractivity contribution in [2.24, 2.45) is 0 Å². The summed E-state index contributed by atoms with van der Waals surface area (Å²) in [6.45, 7) is 7.10. The number of aromatic amines is 2. The summed E-state index contributed by atoms with van der Waals surface area (Å²) in [7, 11) is 1.29. The van der Waals surface area contributed by atoms with E-state index in [4.69, 9.17) is 4.74 Å². The van der Waals surface area contributed by atoms with E-state index < -0.39 is 5.97 Å².